The van der Waals surface area contributed by atoms with Crippen molar-refractivity contribution in [2.45, 2.75) is 27.7 Å². The van der Waals surface area contributed by atoms with Crippen molar-refractivity contribution in [1.82, 2.24) is 0 Å². The molecule has 0 amide bonds. The van der Waals surface area contributed by atoms with Crippen molar-refractivity contribution >= 4 is 0 Å². The first kappa shape index (κ1) is 30.0. The lowest BCUT2D eigenvalue weighted by Crippen LogP contribution is -1.87. The summed E-state index contributed by atoms with van der Waals surface area (Å²) >= 11 is 0. The number of hydrogen-bond donors (Lipinski definition) is 0. The first-order chi connectivity index (χ1) is 21.4. The maximum atomic E-state index is 5.85. The number of aryl methyl sites for hydroxylation is 4. The first-order valence-corrected chi connectivity index (χ1v) is 14.6. The molecule has 44 heavy (non-hydrogen) atoms. The molecule has 0 fully saturated rings. The minimum absolute atomic E-state index is 0.758. The third-order valence-electron chi connectivity index (χ3n) is 6.66. The van der Waals surface area contributed by atoms with Gasteiger partial charge in [0, 0.05) is 6.07 Å². The van der Waals surface area contributed by atoms with Crippen molar-refractivity contribution in [2.75, 3.05) is 0 Å². The van der Waals surface area contributed by atoms with Crippen LogP contribution in [0.5, 0.6) is 46.0 Å². The van der Waals surface area contributed by atoms with Crippen LogP contribution in [-0.4, -0.2) is 0 Å². The summed E-state index contributed by atoms with van der Waals surface area (Å²) in [7, 11) is 0. The molecule has 0 aliphatic rings. The standard InChI is InChI=1S/2C20H18O2/c1-15-3-7-17(8-4-15)21-19-11-13-20(14-12-19)22-18-9-5-16(2)6-10-18;1-15-6-10-17(11-7-15)21-19-4-3-5-20(14-19)22-18-12-8-16(2)9-13-18/h2*3-14H,1-2H3. The van der Waals surface area contributed by atoms with E-state index < -0.39 is 0 Å². The van der Waals surface area contributed by atoms with Crippen LogP contribution in [0.3, 0.4) is 0 Å². The summed E-state index contributed by atoms with van der Waals surface area (Å²) in [5, 5.41) is 0. The fourth-order valence-corrected chi connectivity index (χ4v) is 4.15. The highest BCUT2D eigenvalue weighted by Crippen LogP contribution is 2.29. The van der Waals surface area contributed by atoms with Crippen LogP contribution in [0, 0.1) is 27.7 Å². The third-order valence-corrected chi connectivity index (χ3v) is 6.66. The topological polar surface area (TPSA) is 36.9 Å². The average Bonchev–Trinajstić information content (AvgIpc) is 3.03. The second kappa shape index (κ2) is 14.6. The van der Waals surface area contributed by atoms with E-state index >= 15 is 0 Å². The SMILES string of the molecule is Cc1ccc(Oc2ccc(Oc3ccc(C)cc3)cc2)cc1.Cc1ccc(Oc2cccc(Oc3ccc(C)cc3)c2)cc1. The smallest absolute Gasteiger partial charge is 0.131 e. The van der Waals surface area contributed by atoms with Crippen molar-refractivity contribution in [1.29, 1.82) is 0 Å². The van der Waals surface area contributed by atoms with E-state index in [1.54, 1.807) is 0 Å². The zero-order valence-electron chi connectivity index (χ0n) is 25.5. The van der Waals surface area contributed by atoms with E-state index in [2.05, 4.69) is 27.7 Å². The minimum Gasteiger partial charge on any atom is -0.457 e. The Morgan fingerprint density at radius 2 is 0.455 bits per heavy atom. The normalized spacial score (nSPS) is 10.3. The zero-order valence-corrected chi connectivity index (χ0v) is 25.5. The zero-order chi connectivity index (χ0) is 30.7. The van der Waals surface area contributed by atoms with Gasteiger partial charge in [0.1, 0.15) is 46.0 Å². The highest BCUT2D eigenvalue weighted by molar-refractivity contribution is 5.41. The highest BCUT2D eigenvalue weighted by Gasteiger charge is 2.03. The van der Waals surface area contributed by atoms with Crippen molar-refractivity contribution in [3.8, 4) is 46.0 Å². The Morgan fingerprint density at radius 3 is 0.705 bits per heavy atom. The van der Waals surface area contributed by atoms with Gasteiger partial charge in [0.05, 0.1) is 0 Å². The van der Waals surface area contributed by atoms with Gasteiger partial charge in [-0.3, -0.25) is 0 Å². The Balaban J connectivity index is 0.000000175. The van der Waals surface area contributed by atoms with E-state index in [1.807, 2.05) is 146 Å². The predicted octanol–water partition coefficient (Wildman–Crippen LogP) is 11.8. The van der Waals surface area contributed by atoms with Crippen LogP contribution < -0.4 is 18.9 Å². The number of hydrogen-bond acceptors (Lipinski definition) is 4. The summed E-state index contributed by atoms with van der Waals surface area (Å²) in [4.78, 5) is 0. The van der Waals surface area contributed by atoms with Crippen LogP contribution in [0.1, 0.15) is 22.3 Å². The Kier molecular flexibility index (Phi) is 9.96. The Labute approximate surface area is 260 Å². The minimum atomic E-state index is 0.758. The first-order valence-electron chi connectivity index (χ1n) is 14.6. The molecule has 0 atom stereocenters. The number of ether oxygens (including phenoxy) is 4. The molecule has 0 saturated heterocycles. The molecule has 0 aliphatic heterocycles. The molecule has 0 saturated carbocycles. The molecule has 0 radical (unpaired) electrons. The van der Waals surface area contributed by atoms with Crippen molar-refractivity contribution in [3.05, 3.63) is 168 Å². The van der Waals surface area contributed by atoms with E-state index in [0.29, 0.717) is 0 Å². The summed E-state index contributed by atoms with van der Waals surface area (Å²) < 4.78 is 23.3. The van der Waals surface area contributed by atoms with Crippen LogP contribution in [0.15, 0.2) is 146 Å². The van der Waals surface area contributed by atoms with Gasteiger partial charge in [0.15, 0.2) is 0 Å². The second-order valence-electron chi connectivity index (χ2n) is 10.6. The van der Waals surface area contributed by atoms with E-state index in [-0.39, 0.29) is 0 Å². The molecule has 0 bridgehead atoms. The molecule has 0 aromatic heterocycles. The van der Waals surface area contributed by atoms with Gasteiger partial charge in [-0.15, -0.1) is 0 Å². The van der Waals surface area contributed by atoms with E-state index in [4.69, 9.17) is 18.9 Å². The van der Waals surface area contributed by atoms with E-state index in [0.717, 1.165) is 46.0 Å². The second-order valence-corrected chi connectivity index (χ2v) is 10.6. The fraction of sp³-hybridized carbons (Fsp3) is 0.100. The summed E-state index contributed by atoms with van der Waals surface area (Å²) in [5.74, 6) is 6.40. The monoisotopic (exact) mass is 580 g/mol. The van der Waals surface area contributed by atoms with Gasteiger partial charge in [-0.1, -0.05) is 76.9 Å². The highest BCUT2D eigenvalue weighted by atomic mass is 16.5. The van der Waals surface area contributed by atoms with Crippen molar-refractivity contribution in [3.63, 3.8) is 0 Å². The fourth-order valence-electron chi connectivity index (χ4n) is 4.15. The molecule has 0 N–H and O–H groups in total. The maximum absolute atomic E-state index is 5.85. The van der Waals surface area contributed by atoms with Crippen LogP contribution >= 0.6 is 0 Å². The van der Waals surface area contributed by atoms with Crippen LogP contribution in [-0.2, 0) is 0 Å². The van der Waals surface area contributed by atoms with Gasteiger partial charge in [-0.2, -0.15) is 0 Å². The van der Waals surface area contributed by atoms with Gasteiger partial charge in [-0.25, -0.2) is 0 Å². The molecule has 0 aliphatic carbocycles. The number of rotatable bonds is 8. The molecule has 220 valence electrons. The summed E-state index contributed by atoms with van der Waals surface area (Å²) in [6, 6.07) is 47.2. The molecule has 0 heterocycles. The van der Waals surface area contributed by atoms with Gasteiger partial charge in [0.25, 0.3) is 0 Å². The summed E-state index contributed by atoms with van der Waals surface area (Å²) in [6.45, 7) is 8.22. The molecular weight excluding hydrogens is 544 g/mol. The summed E-state index contributed by atoms with van der Waals surface area (Å²) in [6.07, 6.45) is 0. The Morgan fingerprint density at radius 1 is 0.250 bits per heavy atom. The van der Waals surface area contributed by atoms with Gasteiger partial charge >= 0.3 is 0 Å². The lowest BCUT2D eigenvalue weighted by atomic mass is 10.2. The average molecular weight is 581 g/mol. The lowest BCUT2D eigenvalue weighted by molar-refractivity contribution is 0.460. The molecule has 6 aromatic rings. The van der Waals surface area contributed by atoms with Crippen molar-refractivity contribution < 1.29 is 18.9 Å². The van der Waals surface area contributed by atoms with E-state index in [9.17, 15) is 0 Å². The van der Waals surface area contributed by atoms with Gasteiger partial charge in [0.2, 0.25) is 0 Å². The third kappa shape index (κ3) is 9.27. The molecule has 0 unspecified atom stereocenters. The molecule has 4 nitrogen and oxygen atoms in total. The Bertz CT molecular complexity index is 1610. The van der Waals surface area contributed by atoms with E-state index in [1.165, 1.54) is 22.3 Å². The lowest BCUT2D eigenvalue weighted by Gasteiger charge is -2.09. The van der Waals surface area contributed by atoms with Crippen LogP contribution in [0.25, 0.3) is 0 Å². The van der Waals surface area contributed by atoms with Crippen LogP contribution in [0.2, 0.25) is 0 Å². The predicted molar refractivity (Wildman–Crippen MR) is 178 cm³/mol. The molecule has 0 spiro atoms. The largest absolute Gasteiger partial charge is 0.457 e. The summed E-state index contributed by atoms with van der Waals surface area (Å²) in [5.41, 5.74) is 4.86. The maximum Gasteiger partial charge on any atom is 0.131 e. The molecule has 6 aromatic carbocycles. The Hall–Kier alpha value is -5.48. The molecule has 4 heteroatoms. The van der Waals surface area contributed by atoms with Gasteiger partial charge in [-0.05, 0) is 113 Å². The molecule has 6 rings (SSSR count). The van der Waals surface area contributed by atoms with Gasteiger partial charge < -0.3 is 18.9 Å². The van der Waals surface area contributed by atoms with Crippen LogP contribution in [0.4, 0.5) is 0 Å². The van der Waals surface area contributed by atoms with Crippen molar-refractivity contribution in [2.24, 2.45) is 0 Å². The quantitative estimate of drug-likeness (QED) is 0.179. The molecular formula is C40H36O4. The number of benzene rings is 6.